The molecule has 1 aliphatic heterocycles. The fourth-order valence-electron chi connectivity index (χ4n) is 1.27. The van der Waals surface area contributed by atoms with Crippen LogP contribution in [0, 0.1) is 5.92 Å². The molecule has 1 saturated heterocycles. The van der Waals surface area contributed by atoms with E-state index in [9.17, 15) is 9.00 Å². The number of hydrogen-bond acceptors (Lipinski definition) is 3. The Labute approximate surface area is 87.0 Å². The first kappa shape index (κ1) is 11.7. The van der Waals surface area contributed by atoms with Gasteiger partial charge in [-0.15, -0.1) is 0 Å². The maximum Gasteiger partial charge on any atom is 0.324 e. The molecule has 0 aromatic rings. The van der Waals surface area contributed by atoms with Gasteiger partial charge in [0.1, 0.15) is 6.04 Å². The Hall–Kier alpha value is -0.420. The summed E-state index contributed by atoms with van der Waals surface area (Å²) in [6.07, 6.45) is 1.92. The molecule has 1 aliphatic rings. The molecule has 0 saturated carbocycles. The first-order valence-corrected chi connectivity index (χ1v) is 6.28. The van der Waals surface area contributed by atoms with Gasteiger partial charge in [0.05, 0.1) is 17.6 Å². The summed E-state index contributed by atoms with van der Waals surface area (Å²) < 4.78 is 19.1. The molecule has 1 fully saturated rings. The zero-order valence-corrected chi connectivity index (χ0v) is 9.43. The molecule has 1 heterocycles. The van der Waals surface area contributed by atoms with Crippen LogP contribution in [0.3, 0.4) is 0 Å². The molecule has 1 N–H and O–H groups in total. The van der Waals surface area contributed by atoms with Crippen LogP contribution in [0.15, 0.2) is 0 Å². The lowest BCUT2D eigenvalue weighted by atomic mass is 10.1. The number of rotatable bonds is 5. The maximum atomic E-state index is 11.4. The number of unbranched alkanes of at least 4 members (excludes halogenated alkanes) is 1. The molecule has 0 amide bonds. The summed E-state index contributed by atoms with van der Waals surface area (Å²) in [4.78, 5) is 11.2. The number of hydrogen-bond donors (Lipinski definition) is 1. The Morgan fingerprint density at radius 2 is 2.36 bits per heavy atom. The van der Waals surface area contributed by atoms with Crippen LogP contribution >= 0.6 is 0 Å². The van der Waals surface area contributed by atoms with Crippen LogP contribution in [0.25, 0.3) is 0 Å². The van der Waals surface area contributed by atoms with Crippen molar-refractivity contribution in [3.8, 4) is 0 Å². The molecule has 3 unspecified atom stereocenters. The number of esters is 1. The second-order valence-corrected chi connectivity index (χ2v) is 4.94. The molecule has 3 atom stereocenters. The van der Waals surface area contributed by atoms with E-state index in [1.165, 1.54) is 0 Å². The van der Waals surface area contributed by atoms with Crippen molar-refractivity contribution in [2.75, 3.05) is 12.4 Å². The molecule has 0 aliphatic carbocycles. The summed E-state index contributed by atoms with van der Waals surface area (Å²) in [5.74, 6) is 0.447. The molecule has 0 radical (unpaired) electrons. The molecule has 14 heavy (non-hydrogen) atoms. The van der Waals surface area contributed by atoms with Crippen LogP contribution in [0.1, 0.15) is 26.7 Å². The van der Waals surface area contributed by atoms with Crippen molar-refractivity contribution in [2.45, 2.75) is 32.7 Å². The summed E-state index contributed by atoms with van der Waals surface area (Å²) >= 11 is 0. The van der Waals surface area contributed by atoms with Crippen molar-refractivity contribution in [3.63, 3.8) is 0 Å². The summed E-state index contributed by atoms with van der Waals surface area (Å²) in [7, 11) is -1.10. The van der Waals surface area contributed by atoms with Gasteiger partial charge < -0.3 is 4.74 Å². The Bertz CT molecular complexity index is 232. The molecule has 1 rings (SSSR count). The average Bonchev–Trinajstić information content (AvgIpc) is 2.46. The molecule has 4 nitrogen and oxygen atoms in total. The van der Waals surface area contributed by atoms with Crippen molar-refractivity contribution in [1.82, 2.24) is 4.72 Å². The number of carbonyl (C=O) groups is 1. The normalized spacial score (nSPS) is 28.9. The van der Waals surface area contributed by atoms with E-state index in [1.54, 1.807) is 0 Å². The predicted molar refractivity (Wildman–Crippen MR) is 55.0 cm³/mol. The van der Waals surface area contributed by atoms with E-state index in [0.717, 1.165) is 12.8 Å². The molecule has 0 aromatic carbocycles. The van der Waals surface area contributed by atoms with Crippen LogP contribution in [-0.2, 0) is 20.5 Å². The third-order valence-corrected chi connectivity index (χ3v) is 3.43. The molecular weight excluding hydrogens is 202 g/mol. The molecule has 82 valence electrons. The van der Waals surface area contributed by atoms with Gasteiger partial charge in [0.15, 0.2) is 0 Å². The standard InChI is InChI=1S/C9H17NO3S/c1-3-4-5-14(12)10-8-7(2)6-13-9(8)11/h7-8,10H,3-6H2,1-2H3. The first-order chi connectivity index (χ1) is 6.65. The predicted octanol–water partition coefficient (Wildman–Crippen LogP) is 0.601. The van der Waals surface area contributed by atoms with E-state index in [0.29, 0.717) is 12.4 Å². The minimum Gasteiger partial charge on any atom is -0.464 e. The van der Waals surface area contributed by atoms with Gasteiger partial charge in [0, 0.05) is 11.7 Å². The minimum atomic E-state index is -1.10. The molecule has 0 bridgehead atoms. The lowest BCUT2D eigenvalue weighted by Gasteiger charge is -2.11. The molecule has 0 spiro atoms. The summed E-state index contributed by atoms with van der Waals surface area (Å²) in [6.45, 7) is 4.39. The SMILES string of the molecule is CCCCS(=O)NC1C(=O)OCC1C. The van der Waals surface area contributed by atoms with Crippen molar-refractivity contribution in [1.29, 1.82) is 0 Å². The smallest absolute Gasteiger partial charge is 0.324 e. The van der Waals surface area contributed by atoms with E-state index in [2.05, 4.69) is 4.72 Å². The fourth-order valence-corrected chi connectivity index (χ4v) is 2.55. The molecular formula is C9H17NO3S. The third-order valence-electron chi connectivity index (χ3n) is 2.25. The van der Waals surface area contributed by atoms with Crippen LogP contribution < -0.4 is 4.72 Å². The summed E-state index contributed by atoms with van der Waals surface area (Å²) in [5.41, 5.74) is 0. The van der Waals surface area contributed by atoms with Gasteiger partial charge >= 0.3 is 5.97 Å². The third kappa shape index (κ3) is 3.06. The highest BCUT2D eigenvalue weighted by Gasteiger charge is 2.34. The highest BCUT2D eigenvalue weighted by Crippen LogP contribution is 2.14. The zero-order chi connectivity index (χ0) is 10.6. The van der Waals surface area contributed by atoms with Crippen LogP contribution in [0.5, 0.6) is 0 Å². The Balaban J connectivity index is 2.35. The monoisotopic (exact) mass is 219 g/mol. The Kier molecular flexibility index (Phi) is 4.54. The van der Waals surface area contributed by atoms with Gasteiger partial charge in [-0.2, -0.15) is 0 Å². The van der Waals surface area contributed by atoms with E-state index in [4.69, 9.17) is 4.74 Å². The van der Waals surface area contributed by atoms with Gasteiger partial charge in [-0.05, 0) is 6.42 Å². The van der Waals surface area contributed by atoms with E-state index >= 15 is 0 Å². The van der Waals surface area contributed by atoms with E-state index in [1.807, 2.05) is 13.8 Å². The largest absolute Gasteiger partial charge is 0.464 e. The number of ether oxygens (including phenoxy) is 1. The van der Waals surface area contributed by atoms with E-state index in [-0.39, 0.29) is 17.9 Å². The number of carbonyl (C=O) groups excluding carboxylic acids is 1. The first-order valence-electron chi connectivity index (χ1n) is 4.96. The topological polar surface area (TPSA) is 55.4 Å². The van der Waals surface area contributed by atoms with Crippen molar-refractivity contribution in [2.24, 2.45) is 5.92 Å². The fraction of sp³-hybridized carbons (Fsp3) is 0.889. The highest BCUT2D eigenvalue weighted by atomic mass is 32.2. The second-order valence-electron chi connectivity index (χ2n) is 3.61. The van der Waals surface area contributed by atoms with Crippen LogP contribution in [0.2, 0.25) is 0 Å². The Morgan fingerprint density at radius 3 is 2.86 bits per heavy atom. The maximum absolute atomic E-state index is 11.4. The van der Waals surface area contributed by atoms with Crippen molar-refractivity contribution >= 4 is 17.0 Å². The van der Waals surface area contributed by atoms with Gasteiger partial charge in [0.25, 0.3) is 0 Å². The molecule has 5 heteroatoms. The highest BCUT2D eigenvalue weighted by molar-refractivity contribution is 7.83. The van der Waals surface area contributed by atoms with E-state index < -0.39 is 11.0 Å². The average molecular weight is 219 g/mol. The van der Waals surface area contributed by atoms with Crippen LogP contribution in [0.4, 0.5) is 0 Å². The van der Waals surface area contributed by atoms with Crippen molar-refractivity contribution < 1.29 is 13.7 Å². The lowest BCUT2D eigenvalue weighted by molar-refractivity contribution is -0.139. The molecule has 0 aromatic heterocycles. The summed E-state index contributed by atoms with van der Waals surface area (Å²) in [5, 5.41) is 0. The lowest BCUT2D eigenvalue weighted by Crippen LogP contribution is -2.39. The second kappa shape index (κ2) is 5.46. The van der Waals surface area contributed by atoms with Gasteiger partial charge in [-0.25, -0.2) is 8.93 Å². The minimum absolute atomic E-state index is 0.119. The van der Waals surface area contributed by atoms with Crippen LogP contribution in [-0.4, -0.2) is 28.6 Å². The number of cyclic esters (lactones) is 1. The van der Waals surface area contributed by atoms with Gasteiger partial charge in [-0.1, -0.05) is 20.3 Å². The summed E-state index contributed by atoms with van der Waals surface area (Å²) in [6, 6.07) is -0.382. The van der Waals surface area contributed by atoms with Gasteiger partial charge in [-0.3, -0.25) is 4.79 Å². The van der Waals surface area contributed by atoms with Gasteiger partial charge in [0.2, 0.25) is 0 Å². The zero-order valence-electron chi connectivity index (χ0n) is 8.62. The quantitative estimate of drug-likeness (QED) is 0.689. The Morgan fingerprint density at radius 1 is 1.64 bits per heavy atom. The number of nitrogens with one attached hydrogen (secondary N) is 1. The van der Waals surface area contributed by atoms with Crippen molar-refractivity contribution in [3.05, 3.63) is 0 Å².